The van der Waals surface area contributed by atoms with Crippen molar-refractivity contribution in [3.63, 3.8) is 0 Å². The molecule has 4 rings (SSSR count). The summed E-state index contributed by atoms with van der Waals surface area (Å²) in [5.74, 6) is 0.472. The normalized spacial score (nSPS) is 14.9. The third-order valence-corrected chi connectivity index (χ3v) is 5.26. The summed E-state index contributed by atoms with van der Waals surface area (Å²) >= 11 is 0. The second-order valence-corrected chi connectivity index (χ2v) is 8.28. The summed E-state index contributed by atoms with van der Waals surface area (Å²) in [5, 5.41) is 2.76. The standard InChI is InChI=1S/C23H26F2N4O3/c1-14(2)13-32-20-10-21-27-18(15-6-8-31-9-7-15)11-29(21)12-19(20)28-23(30)17-5-3-4-16(26-17)22(24)25/h3-5,10-12,14-15,22H,6-9,13H2,1-2H3,(H,28,30). The smallest absolute Gasteiger partial charge is 0.280 e. The van der Waals surface area contributed by atoms with Crippen LogP contribution in [-0.2, 0) is 4.74 Å². The van der Waals surface area contributed by atoms with Crippen LogP contribution in [0.25, 0.3) is 5.65 Å². The molecule has 1 aliphatic rings. The van der Waals surface area contributed by atoms with E-state index in [0.717, 1.165) is 18.5 Å². The molecule has 7 nitrogen and oxygen atoms in total. The Bertz CT molecular complexity index is 1090. The molecule has 1 saturated heterocycles. The van der Waals surface area contributed by atoms with Crippen molar-refractivity contribution < 1.29 is 23.0 Å². The van der Waals surface area contributed by atoms with Gasteiger partial charge in [0.1, 0.15) is 28.5 Å². The predicted molar refractivity (Wildman–Crippen MR) is 115 cm³/mol. The number of anilines is 1. The first-order chi connectivity index (χ1) is 15.4. The Kier molecular flexibility index (Phi) is 6.64. The summed E-state index contributed by atoms with van der Waals surface area (Å²) in [6.07, 6.45) is 2.75. The first-order valence-electron chi connectivity index (χ1n) is 10.7. The lowest BCUT2D eigenvalue weighted by Gasteiger charge is -2.19. The van der Waals surface area contributed by atoms with Gasteiger partial charge in [0.2, 0.25) is 0 Å². The number of carbonyl (C=O) groups is 1. The lowest BCUT2D eigenvalue weighted by molar-refractivity contribution is 0.0846. The van der Waals surface area contributed by atoms with Crippen molar-refractivity contribution in [3.8, 4) is 5.75 Å². The topological polar surface area (TPSA) is 77.8 Å². The SMILES string of the molecule is CC(C)COc1cc2nc(C3CCOCC3)cn2cc1NC(=O)c1cccc(C(F)F)n1. The minimum Gasteiger partial charge on any atom is -0.491 e. The number of aromatic nitrogens is 3. The molecule has 170 valence electrons. The zero-order chi connectivity index (χ0) is 22.7. The Morgan fingerprint density at radius 1 is 1.25 bits per heavy atom. The average Bonchev–Trinajstić information content (AvgIpc) is 3.21. The monoisotopic (exact) mass is 444 g/mol. The Morgan fingerprint density at radius 2 is 2.03 bits per heavy atom. The Morgan fingerprint density at radius 3 is 2.75 bits per heavy atom. The molecule has 1 N–H and O–H groups in total. The molecule has 0 spiro atoms. The van der Waals surface area contributed by atoms with Crippen molar-refractivity contribution in [1.29, 1.82) is 0 Å². The minimum absolute atomic E-state index is 0.0915. The Balaban J connectivity index is 1.65. The highest BCUT2D eigenvalue weighted by Crippen LogP contribution is 2.31. The van der Waals surface area contributed by atoms with Crippen LogP contribution in [0.15, 0.2) is 36.7 Å². The summed E-state index contributed by atoms with van der Waals surface area (Å²) in [7, 11) is 0. The molecule has 3 aromatic rings. The van der Waals surface area contributed by atoms with Crippen molar-refractivity contribution in [2.75, 3.05) is 25.1 Å². The van der Waals surface area contributed by atoms with Crippen LogP contribution in [0.3, 0.4) is 0 Å². The van der Waals surface area contributed by atoms with E-state index in [-0.39, 0.29) is 11.6 Å². The number of pyridine rings is 2. The highest BCUT2D eigenvalue weighted by atomic mass is 19.3. The van der Waals surface area contributed by atoms with Crippen molar-refractivity contribution in [2.24, 2.45) is 5.92 Å². The quantitative estimate of drug-likeness (QED) is 0.564. The van der Waals surface area contributed by atoms with Gasteiger partial charge in [0, 0.05) is 37.6 Å². The highest BCUT2D eigenvalue weighted by molar-refractivity contribution is 6.03. The molecule has 1 fully saturated rings. The highest BCUT2D eigenvalue weighted by Gasteiger charge is 2.21. The molecule has 32 heavy (non-hydrogen) atoms. The largest absolute Gasteiger partial charge is 0.491 e. The fourth-order valence-corrected chi connectivity index (χ4v) is 3.58. The van der Waals surface area contributed by atoms with E-state index in [9.17, 15) is 13.6 Å². The van der Waals surface area contributed by atoms with E-state index in [1.165, 1.54) is 18.2 Å². The number of ether oxygens (including phenoxy) is 2. The number of carbonyl (C=O) groups excluding carboxylic acids is 1. The van der Waals surface area contributed by atoms with Gasteiger partial charge >= 0.3 is 0 Å². The zero-order valence-corrected chi connectivity index (χ0v) is 18.1. The van der Waals surface area contributed by atoms with E-state index >= 15 is 0 Å². The van der Waals surface area contributed by atoms with Gasteiger partial charge in [-0.1, -0.05) is 19.9 Å². The first kappa shape index (κ1) is 22.1. The number of rotatable bonds is 7. The molecule has 0 atom stereocenters. The van der Waals surface area contributed by atoms with Crippen molar-refractivity contribution in [1.82, 2.24) is 14.4 Å². The van der Waals surface area contributed by atoms with Gasteiger partial charge in [-0.15, -0.1) is 0 Å². The molecule has 0 aromatic carbocycles. The first-order valence-corrected chi connectivity index (χ1v) is 10.7. The summed E-state index contributed by atoms with van der Waals surface area (Å²) < 4.78 is 39.2. The molecule has 1 amide bonds. The molecule has 0 unspecified atom stereocenters. The number of hydrogen-bond acceptors (Lipinski definition) is 5. The molecule has 0 aliphatic carbocycles. The van der Waals surface area contributed by atoms with Crippen LogP contribution in [0.4, 0.5) is 14.5 Å². The van der Waals surface area contributed by atoms with Crippen molar-refractivity contribution in [3.05, 3.63) is 53.7 Å². The molecule has 0 saturated carbocycles. The Labute approximate surface area is 184 Å². The molecule has 4 heterocycles. The van der Waals surface area contributed by atoms with Crippen LogP contribution in [-0.4, -0.2) is 40.1 Å². The van der Waals surface area contributed by atoms with Gasteiger partial charge < -0.3 is 19.2 Å². The number of halogens is 2. The van der Waals surface area contributed by atoms with Crippen molar-refractivity contribution >= 4 is 17.2 Å². The Hall–Kier alpha value is -3.07. The molecule has 0 radical (unpaired) electrons. The van der Waals surface area contributed by atoms with Crippen LogP contribution < -0.4 is 10.1 Å². The minimum atomic E-state index is -2.75. The van der Waals surface area contributed by atoms with Gasteiger partial charge in [0.05, 0.1) is 12.3 Å². The third-order valence-electron chi connectivity index (χ3n) is 5.26. The summed E-state index contributed by atoms with van der Waals surface area (Å²) in [5.41, 5.74) is 1.56. The van der Waals surface area contributed by atoms with Gasteiger partial charge in [0.25, 0.3) is 12.3 Å². The number of fused-ring (bicyclic) bond motifs is 1. The van der Waals surface area contributed by atoms with Gasteiger partial charge in [-0.3, -0.25) is 4.79 Å². The van der Waals surface area contributed by atoms with Crippen LogP contribution >= 0.6 is 0 Å². The number of imidazole rings is 1. The summed E-state index contributed by atoms with van der Waals surface area (Å²) in [6.45, 7) is 5.93. The molecule has 9 heteroatoms. The fraction of sp³-hybridized carbons (Fsp3) is 0.435. The van der Waals surface area contributed by atoms with Gasteiger partial charge in [-0.2, -0.15) is 0 Å². The van der Waals surface area contributed by atoms with Crippen molar-refractivity contribution in [2.45, 2.75) is 39.0 Å². The van der Waals surface area contributed by atoms with Gasteiger partial charge in [-0.25, -0.2) is 18.7 Å². The van der Waals surface area contributed by atoms with Gasteiger partial charge in [0.15, 0.2) is 0 Å². The number of amides is 1. The summed E-state index contributed by atoms with van der Waals surface area (Å²) in [6, 6.07) is 5.76. The van der Waals surface area contributed by atoms with E-state index in [4.69, 9.17) is 14.5 Å². The second-order valence-electron chi connectivity index (χ2n) is 8.28. The van der Waals surface area contributed by atoms with E-state index in [1.54, 1.807) is 12.3 Å². The van der Waals surface area contributed by atoms with Gasteiger partial charge in [-0.05, 0) is 30.9 Å². The molecule has 0 bridgehead atoms. The fourth-order valence-electron chi connectivity index (χ4n) is 3.58. The number of nitrogens with one attached hydrogen (secondary N) is 1. The molecule has 1 aliphatic heterocycles. The number of nitrogens with zero attached hydrogens (tertiary/aromatic N) is 3. The van der Waals surface area contributed by atoms with Crippen LogP contribution in [0.5, 0.6) is 5.75 Å². The number of alkyl halides is 2. The van der Waals surface area contributed by atoms with Crippen LogP contribution in [0, 0.1) is 5.92 Å². The molecular weight excluding hydrogens is 418 g/mol. The number of hydrogen-bond donors (Lipinski definition) is 1. The maximum absolute atomic E-state index is 13.0. The van der Waals surface area contributed by atoms with Crippen LogP contribution in [0.1, 0.15) is 60.9 Å². The predicted octanol–water partition coefficient (Wildman–Crippen LogP) is 4.85. The van der Waals surface area contributed by atoms with Crippen LogP contribution in [0.2, 0.25) is 0 Å². The average molecular weight is 444 g/mol. The lowest BCUT2D eigenvalue weighted by Crippen LogP contribution is -2.16. The molecular formula is C23H26F2N4O3. The zero-order valence-electron chi connectivity index (χ0n) is 18.1. The van der Waals surface area contributed by atoms with E-state index in [1.807, 2.05) is 24.4 Å². The maximum Gasteiger partial charge on any atom is 0.280 e. The van der Waals surface area contributed by atoms with E-state index in [0.29, 0.717) is 42.8 Å². The van der Waals surface area contributed by atoms with E-state index < -0.39 is 18.0 Å². The molecule has 3 aromatic heterocycles. The lowest BCUT2D eigenvalue weighted by atomic mass is 9.97. The second kappa shape index (κ2) is 9.60. The van der Waals surface area contributed by atoms with E-state index in [2.05, 4.69) is 10.3 Å². The summed E-state index contributed by atoms with van der Waals surface area (Å²) in [4.78, 5) is 21.3. The third kappa shape index (κ3) is 5.04. The maximum atomic E-state index is 13.0.